The van der Waals surface area contributed by atoms with E-state index in [2.05, 4.69) is 15.2 Å². The molecule has 3 heterocycles. The van der Waals surface area contributed by atoms with Crippen molar-refractivity contribution in [2.45, 2.75) is 38.8 Å². The highest BCUT2D eigenvalue weighted by Crippen LogP contribution is 2.32. The van der Waals surface area contributed by atoms with Gasteiger partial charge in [0.15, 0.2) is 11.5 Å². The molecule has 0 saturated carbocycles. The largest absolute Gasteiger partial charge is 0.629 e. The van der Waals surface area contributed by atoms with Crippen LogP contribution in [0.25, 0.3) is 0 Å². The topological polar surface area (TPSA) is 81.4 Å². The van der Waals surface area contributed by atoms with E-state index in [9.17, 15) is 18.4 Å². The second kappa shape index (κ2) is 9.55. The van der Waals surface area contributed by atoms with Crippen LogP contribution in [0.2, 0.25) is 0 Å². The molecule has 2 N–H and O–H groups in total. The number of nitrogens with one attached hydrogen (secondary N) is 2. The smallest absolute Gasteiger partial charge is 0.416 e. The molecule has 1 unspecified atom stereocenters. The average molecular weight is 473 g/mol. The van der Waals surface area contributed by atoms with Gasteiger partial charge in [-0.05, 0) is 36.8 Å². The van der Waals surface area contributed by atoms with Crippen molar-refractivity contribution in [3.63, 3.8) is 0 Å². The second-order valence-corrected chi connectivity index (χ2v) is 8.63. The molecule has 0 spiro atoms. The van der Waals surface area contributed by atoms with Crippen molar-refractivity contribution in [1.82, 2.24) is 15.0 Å². The number of anilines is 3. The van der Waals surface area contributed by atoms with Gasteiger partial charge in [0.1, 0.15) is 11.6 Å². The summed E-state index contributed by atoms with van der Waals surface area (Å²) in [6.45, 7) is 5.24. The molecule has 1 aromatic carbocycles. The van der Waals surface area contributed by atoms with Gasteiger partial charge in [-0.25, -0.2) is 15.0 Å². The average Bonchev–Trinajstić information content (AvgIpc) is 3.01. The van der Waals surface area contributed by atoms with Crippen LogP contribution in [0.15, 0.2) is 42.6 Å². The van der Waals surface area contributed by atoms with Crippen molar-refractivity contribution >= 4 is 23.0 Å². The van der Waals surface area contributed by atoms with Gasteiger partial charge in [-0.3, -0.25) is 0 Å². The molecule has 0 amide bonds. The molecule has 1 aliphatic heterocycles. The lowest BCUT2D eigenvalue weighted by atomic mass is 10.1. The van der Waals surface area contributed by atoms with Gasteiger partial charge in [0, 0.05) is 48.9 Å². The normalized spacial score (nSPS) is 15.1. The summed E-state index contributed by atoms with van der Waals surface area (Å²) in [6.07, 6.45) is -1.48. The van der Waals surface area contributed by atoms with Crippen molar-refractivity contribution < 1.29 is 18.2 Å². The molecule has 3 aromatic rings. The fraction of sp³-hybridized carbons (Fsp3) is 0.375. The molecule has 0 aliphatic carbocycles. The number of rotatable bonds is 5. The second-order valence-electron chi connectivity index (χ2n) is 8.63. The summed E-state index contributed by atoms with van der Waals surface area (Å²) in [5.74, 6) is 2.00. The SMILES string of the molecule is CC(C)c1nc2c(c(Nc3ccc(C(F)(F)F)cc3)n1)CCN(c1ncccc1[NH+](C)[O-])CC2. The molecule has 4 rings (SSSR count). The van der Waals surface area contributed by atoms with Gasteiger partial charge in [0.25, 0.3) is 0 Å². The van der Waals surface area contributed by atoms with E-state index < -0.39 is 11.7 Å². The summed E-state index contributed by atoms with van der Waals surface area (Å²) >= 11 is 0. The standard InChI is InChI=1S/C24H27F3N6O/c1-15(2)21-30-19-11-14-33(23-20(32(3)34)5-4-12-28-23)13-10-18(19)22(31-21)29-17-8-6-16(7-9-17)24(25,26)27/h4-9,12,15,32H,10-11,13-14H2,1-3H3,(H,29,30,31). The predicted octanol–water partition coefficient (Wildman–Crippen LogP) is 4.01. The Morgan fingerprint density at radius 3 is 2.41 bits per heavy atom. The summed E-state index contributed by atoms with van der Waals surface area (Å²) in [5, 5.41) is 15.3. The van der Waals surface area contributed by atoms with Crippen LogP contribution in [0, 0.1) is 5.21 Å². The summed E-state index contributed by atoms with van der Waals surface area (Å²) in [5.41, 5.74) is 2.22. The van der Waals surface area contributed by atoms with Crippen molar-refractivity contribution in [3.8, 4) is 0 Å². The molecule has 1 aliphatic rings. The molecular weight excluding hydrogens is 445 g/mol. The summed E-state index contributed by atoms with van der Waals surface area (Å²) in [7, 11) is 1.53. The number of hydrogen-bond donors (Lipinski definition) is 2. The highest BCUT2D eigenvalue weighted by atomic mass is 19.4. The molecule has 180 valence electrons. The van der Waals surface area contributed by atoms with Crippen LogP contribution in [0.5, 0.6) is 0 Å². The Bertz CT molecular complexity index is 1150. The summed E-state index contributed by atoms with van der Waals surface area (Å²) < 4.78 is 38.8. The molecule has 0 fully saturated rings. The minimum Gasteiger partial charge on any atom is -0.629 e. The van der Waals surface area contributed by atoms with Gasteiger partial charge in [0.05, 0.1) is 18.3 Å². The van der Waals surface area contributed by atoms with Crippen LogP contribution < -0.4 is 15.3 Å². The minimum absolute atomic E-state index is 0.0450. The zero-order chi connectivity index (χ0) is 24.5. The zero-order valence-corrected chi connectivity index (χ0v) is 19.3. The molecule has 0 bridgehead atoms. The summed E-state index contributed by atoms with van der Waals surface area (Å²) in [6, 6.07) is 8.44. The Balaban J connectivity index is 1.65. The Hall–Kier alpha value is -3.24. The highest BCUT2D eigenvalue weighted by Gasteiger charge is 2.30. The third-order valence-electron chi connectivity index (χ3n) is 5.82. The predicted molar refractivity (Wildman–Crippen MR) is 125 cm³/mol. The monoisotopic (exact) mass is 472 g/mol. The van der Waals surface area contributed by atoms with E-state index >= 15 is 0 Å². The first-order valence-electron chi connectivity index (χ1n) is 11.2. The Morgan fingerprint density at radius 1 is 1.06 bits per heavy atom. The number of aromatic nitrogens is 3. The van der Waals surface area contributed by atoms with Gasteiger partial charge < -0.3 is 20.5 Å². The fourth-order valence-electron chi connectivity index (χ4n) is 3.99. The van der Waals surface area contributed by atoms with Gasteiger partial charge in [-0.1, -0.05) is 13.8 Å². The van der Waals surface area contributed by atoms with Crippen LogP contribution in [0.4, 0.5) is 36.2 Å². The first-order chi connectivity index (χ1) is 16.1. The molecule has 0 saturated heterocycles. The van der Waals surface area contributed by atoms with Gasteiger partial charge >= 0.3 is 6.18 Å². The number of hydroxylamine groups is 1. The van der Waals surface area contributed by atoms with Crippen LogP contribution in [-0.2, 0) is 19.0 Å². The maximum absolute atomic E-state index is 12.9. The van der Waals surface area contributed by atoms with E-state index in [0.29, 0.717) is 54.8 Å². The summed E-state index contributed by atoms with van der Waals surface area (Å²) in [4.78, 5) is 16.0. The van der Waals surface area contributed by atoms with E-state index in [4.69, 9.17) is 9.97 Å². The van der Waals surface area contributed by atoms with Crippen LogP contribution >= 0.6 is 0 Å². The number of benzene rings is 1. The maximum Gasteiger partial charge on any atom is 0.416 e. The number of fused-ring (bicyclic) bond motifs is 1. The lowest BCUT2D eigenvalue weighted by molar-refractivity contribution is -0.751. The van der Waals surface area contributed by atoms with Crippen molar-refractivity contribution in [2.75, 3.05) is 30.4 Å². The molecule has 34 heavy (non-hydrogen) atoms. The van der Waals surface area contributed by atoms with Crippen molar-refractivity contribution in [2.24, 2.45) is 0 Å². The Labute approximate surface area is 196 Å². The number of hydrogen-bond acceptors (Lipinski definition) is 6. The molecule has 1 atom stereocenters. The minimum atomic E-state index is -4.39. The highest BCUT2D eigenvalue weighted by molar-refractivity contribution is 5.62. The third kappa shape index (κ3) is 5.13. The lowest BCUT2D eigenvalue weighted by Gasteiger charge is -2.26. The number of halogens is 3. The van der Waals surface area contributed by atoms with Gasteiger partial charge in [-0.2, -0.15) is 13.2 Å². The van der Waals surface area contributed by atoms with Gasteiger partial charge in [0.2, 0.25) is 0 Å². The molecule has 7 nitrogen and oxygen atoms in total. The van der Waals surface area contributed by atoms with E-state index in [1.807, 2.05) is 13.8 Å². The zero-order valence-electron chi connectivity index (χ0n) is 19.3. The van der Waals surface area contributed by atoms with Gasteiger partial charge in [-0.15, -0.1) is 0 Å². The van der Waals surface area contributed by atoms with Crippen LogP contribution in [-0.4, -0.2) is 35.1 Å². The van der Waals surface area contributed by atoms with Crippen LogP contribution in [0.1, 0.15) is 42.4 Å². The van der Waals surface area contributed by atoms with E-state index in [-0.39, 0.29) is 11.0 Å². The quantitative estimate of drug-likeness (QED) is 0.547. The number of quaternary nitrogens is 1. The maximum atomic E-state index is 12.9. The first kappa shape index (κ1) is 23.9. The van der Waals surface area contributed by atoms with E-state index in [1.165, 1.54) is 19.2 Å². The van der Waals surface area contributed by atoms with Crippen LogP contribution in [0.3, 0.4) is 0 Å². The first-order valence-corrected chi connectivity index (χ1v) is 11.2. The number of alkyl halides is 3. The Kier molecular flexibility index (Phi) is 6.72. The third-order valence-corrected chi connectivity index (χ3v) is 5.82. The van der Waals surface area contributed by atoms with Crippen molar-refractivity contribution in [1.29, 1.82) is 0 Å². The number of pyridine rings is 1. The lowest BCUT2D eigenvalue weighted by Crippen LogP contribution is -2.98. The molecule has 10 heteroatoms. The Morgan fingerprint density at radius 2 is 1.76 bits per heavy atom. The number of nitrogens with zero attached hydrogens (tertiary/aromatic N) is 4. The fourth-order valence-corrected chi connectivity index (χ4v) is 3.99. The van der Waals surface area contributed by atoms with E-state index in [0.717, 1.165) is 23.4 Å². The molecular formula is C24H27F3N6O. The van der Waals surface area contributed by atoms with E-state index in [1.54, 1.807) is 18.3 Å². The molecule has 2 aromatic heterocycles. The van der Waals surface area contributed by atoms with Crippen molar-refractivity contribution in [3.05, 3.63) is 70.4 Å². The molecule has 0 radical (unpaired) electrons.